The molecule has 138 valence electrons. The summed E-state index contributed by atoms with van der Waals surface area (Å²) >= 11 is 0. The number of carbonyl (C=O) groups excluding carboxylic acids is 1. The molecule has 4 rings (SSSR count). The highest BCUT2D eigenvalue weighted by atomic mass is 16.5. The van der Waals surface area contributed by atoms with Crippen molar-refractivity contribution in [2.24, 2.45) is 0 Å². The summed E-state index contributed by atoms with van der Waals surface area (Å²) in [5.74, 6) is 1.71. The summed E-state index contributed by atoms with van der Waals surface area (Å²) < 4.78 is 7.88. The second kappa shape index (κ2) is 7.66. The van der Waals surface area contributed by atoms with E-state index in [-0.39, 0.29) is 18.6 Å². The van der Waals surface area contributed by atoms with Crippen LogP contribution in [0.3, 0.4) is 0 Å². The summed E-state index contributed by atoms with van der Waals surface area (Å²) in [7, 11) is 0. The zero-order valence-corrected chi connectivity index (χ0v) is 15.4. The number of aryl methyl sites for hydroxylation is 1. The zero-order chi connectivity index (χ0) is 18.6. The smallest absolute Gasteiger partial charge is 0.260 e. The molecule has 1 saturated heterocycles. The molecule has 1 aromatic heterocycles. The number of ether oxygens (including phenoxy) is 1. The van der Waals surface area contributed by atoms with E-state index in [9.17, 15) is 4.79 Å². The fourth-order valence-electron chi connectivity index (χ4n) is 3.64. The van der Waals surface area contributed by atoms with Gasteiger partial charge in [-0.2, -0.15) is 0 Å². The molecule has 0 aliphatic carbocycles. The van der Waals surface area contributed by atoms with Crippen molar-refractivity contribution < 1.29 is 9.53 Å². The number of nitrogens with zero attached hydrogens (tertiary/aromatic N) is 3. The highest BCUT2D eigenvalue weighted by Crippen LogP contribution is 2.29. The van der Waals surface area contributed by atoms with E-state index >= 15 is 0 Å². The van der Waals surface area contributed by atoms with E-state index in [4.69, 9.17) is 4.74 Å². The molecule has 2 heterocycles. The maximum Gasteiger partial charge on any atom is 0.260 e. The van der Waals surface area contributed by atoms with E-state index in [1.807, 2.05) is 59.6 Å². The molecule has 1 unspecified atom stereocenters. The predicted octanol–water partition coefficient (Wildman–Crippen LogP) is 3.71. The van der Waals surface area contributed by atoms with Crippen LogP contribution in [0.4, 0.5) is 0 Å². The summed E-state index contributed by atoms with van der Waals surface area (Å²) in [6.07, 6.45) is 2.83. The van der Waals surface area contributed by atoms with Gasteiger partial charge in [0.15, 0.2) is 6.61 Å². The van der Waals surface area contributed by atoms with Gasteiger partial charge in [0.25, 0.3) is 5.91 Å². The minimum atomic E-state index is 0.0281. The molecule has 1 fully saturated rings. The first kappa shape index (κ1) is 17.3. The number of hydrogen-bond donors (Lipinski definition) is 0. The second-order valence-electron chi connectivity index (χ2n) is 6.84. The van der Waals surface area contributed by atoms with Crippen LogP contribution < -0.4 is 4.74 Å². The van der Waals surface area contributed by atoms with Gasteiger partial charge in [0, 0.05) is 30.5 Å². The number of hydrogen-bond acceptors (Lipinski definition) is 3. The minimum Gasteiger partial charge on any atom is -0.484 e. The van der Waals surface area contributed by atoms with Gasteiger partial charge < -0.3 is 14.2 Å². The van der Waals surface area contributed by atoms with Crippen LogP contribution >= 0.6 is 0 Å². The van der Waals surface area contributed by atoms with Crippen LogP contribution in [-0.2, 0) is 4.79 Å². The molecule has 2 aromatic carbocycles. The molecule has 1 amide bonds. The average molecular weight is 361 g/mol. The first-order chi connectivity index (χ1) is 13.2. The number of benzene rings is 2. The number of aromatic nitrogens is 2. The van der Waals surface area contributed by atoms with Gasteiger partial charge in [-0.1, -0.05) is 48.5 Å². The molecule has 0 saturated carbocycles. The van der Waals surface area contributed by atoms with Gasteiger partial charge in [-0.05, 0) is 25.5 Å². The maximum absolute atomic E-state index is 12.5. The van der Waals surface area contributed by atoms with Crippen molar-refractivity contribution in [2.75, 3.05) is 19.7 Å². The van der Waals surface area contributed by atoms with Crippen molar-refractivity contribution in [3.05, 3.63) is 72.6 Å². The normalized spacial score (nSPS) is 16.5. The van der Waals surface area contributed by atoms with E-state index in [2.05, 4.69) is 28.6 Å². The maximum atomic E-state index is 12.5. The Labute approximate surface area is 159 Å². The predicted molar refractivity (Wildman–Crippen MR) is 105 cm³/mol. The van der Waals surface area contributed by atoms with Crippen LogP contribution in [0.1, 0.15) is 18.2 Å². The Morgan fingerprint density at radius 1 is 1.11 bits per heavy atom. The fraction of sp³-hybridized carbons (Fsp3) is 0.273. The molecule has 3 aromatic rings. The van der Waals surface area contributed by atoms with Gasteiger partial charge in [0.05, 0.1) is 6.04 Å². The van der Waals surface area contributed by atoms with Crippen molar-refractivity contribution in [1.82, 2.24) is 14.5 Å². The second-order valence-corrected chi connectivity index (χ2v) is 6.84. The Hall–Kier alpha value is -3.08. The third-order valence-corrected chi connectivity index (χ3v) is 5.00. The summed E-state index contributed by atoms with van der Waals surface area (Å²) in [6, 6.07) is 19.9. The Kier molecular flexibility index (Phi) is 4.92. The third-order valence-electron chi connectivity index (χ3n) is 5.00. The van der Waals surface area contributed by atoms with Gasteiger partial charge in [-0.25, -0.2) is 4.98 Å². The third kappa shape index (κ3) is 3.72. The Morgan fingerprint density at radius 2 is 1.81 bits per heavy atom. The van der Waals surface area contributed by atoms with Gasteiger partial charge in [-0.3, -0.25) is 4.79 Å². The van der Waals surface area contributed by atoms with E-state index in [1.165, 1.54) is 0 Å². The van der Waals surface area contributed by atoms with Crippen molar-refractivity contribution in [1.29, 1.82) is 0 Å². The standard InChI is InChI=1S/C22H23N3O2/c1-17-14-23-22(18-8-4-2-5-9-18)25(17)19-12-13-24(15-19)21(26)16-27-20-10-6-3-7-11-20/h2-11,14,19H,12-13,15-16H2,1H3. The fourth-order valence-corrected chi connectivity index (χ4v) is 3.64. The molecular formula is C22H23N3O2. The van der Waals surface area contributed by atoms with Crippen LogP contribution in [0.2, 0.25) is 0 Å². The van der Waals surface area contributed by atoms with Gasteiger partial charge in [0.2, 0.25) is 0 Å². The van der Waals surface area contributed by atoms with Crippen molar-refractivity contribution in [2.45, 2.75) is 19.4 Å². The van der Waals surface area contributed by atoms with E-state index < -0.39 is 0 Å². The highest BCUT2D eigenvalue weighted by Gasteiger charge is 2.29. The van der Waals surface area contributed by atoms with E-state index in [1.54, 1.807) is 0 Å². The van der Waals surface area contributed by atoms with Crippen LogP contribution in [0.15, 0.2) is 66.9 Å². The molecular weight excluding hydrogens is 338 g/mol. The lowest BCUT2D eigenvalue weighted by Gasteiger charge is -2.20. The molecule has 1 atom stereocenters. The van der Waals surface area contributed by atoms with Crippen molar-refractivity contribution in [3.63, 3.8) is 0 Å². The lowest BCUT2D eigenvalue weighted by atomic mass is 10.2. The summed E-state index contributed by atoms with van der Waals surface area (Å²) in [5.41, 5.74) is 2.22. The first-order valence-electron chi connectivity index (χ1n) is 9.27. The molecule has 27 heavy (non-hydrogen) atoms. The van der Waals surface area contributed by atoms with Gasteiger partial charge in [-0.15, -0.1) is 0 Å². The topological polar surface area (TPSA) is 47.4 Å². The monoisotopic (exact) mass is 361 g/mol. The molecule has 5 nitrogen and oxygen atoms in total. The van der Waals surface area contributed by atoms with Crippen LogP contribution in [-0.4, -0.2) is 40.1 Å². The Bertz CT molecular complexity index is 906. The quantitative estimate of drug-likeness (QED) is 0.696. The Morgan fingerprint density at radius 3 is 2.56 bits per heavy atom. The molecule has 1 aliphatic heterocycles. The largest absolute Gasteiger partial charge is 0.484 e. The molecule has 1 aliphatic rings. The molecule has 5 heteroatoms. The minimum absolute atomic E-state index is 0.0281. The molecule has 0 bridgehead atoms. The van der Waals surface area contributed by atoms with Crippen LogP contribution in [0, 0.1) is 6.92 Å². The van der Waals surface area contributed by atoms with Crippen LogP contribution in [0.25, 0.3) is 11.4 Å². The van der Waals surface area contributed by atoms with Crippen molar-refractivity contribution >= 4 is 5.91 Å². The number of para-hydroxylation sites is 1. The number of amides is 1. The highest BCUT2D eigenvalue weighted by molar-refractivity contribution is 5.78. The zero-order valence-electron chi connectivity index (χ0n) is 15.4. The lowest BCUT2D eigenvalue weighted by Crippen LogP contribution is -2.33. The van der Waals surface area contributed by atoms with Gasteiger partial charge in [0.1, 0.15) is 11.6 Å². The number of carbonyl (C=O) groups is 1. The van der Waals surface area contributed by atoms with Crippen LogP contribution in [0.5, 0.6) is 5.75 Å². The lowest BCUT2D eigenvalue weighted by molar-refractivity contribution is -0.132. The summed E-state index contributed by atoms with van der Waals surface area (Å²) in [5, 5.41) is 0. The number of imidazole rings is 1. The first-order valence-corrected chi connectivity index (χ1v) is 9.27. The molecule has 0 radical (unpaired) electrons. The Balaban J connectivity index is 1.44. The molecule has 0 N–H and O–H groups in total. The summed E-state index contributed by atoms with van der Waals surface area (Å²) in [4.78, 5) is 19.1. The number of rotatable bonds is 5. The van der Waals surface area contributed by atoms with Crippen molar-refractivity contribution in [3.8, 4) is 17.1 Å². The van der Waals surface area contributed by atoms with E-state index in [0.717, 1.165) is 35.8 Å². The van der Waals surface area contributed by atoms with E-state index in [0.29, 0.717) is 6.54 Å². The summed E-state index contributed by atoms with van der Waals surface area (Å²) in [6.45, 7) is 3.58. The van der Waals surface area contributed by atoms with Gasteiger partial charge >= 0.3 is 0 Å². The number of likely N-dealkylation sites (tertiary alicyclic amines) is 1. The molecule has 0 spiro atoms. The average Bonchev–Trinajstić information content (AvgIpc) is 3.34. The SMILES string of the molecule is Cc1cnc(-c2ccccc2)n1C1CCN(C(=O)COc2ccccc2)C1.